The minimum atomic E-state index is -1.76. The molecule has 2 nitrogen and oxygen atoms in total. The van der Waals surface area contributed by atoms with Gasteiger partial charge in [-0.25, -0.2) is 0 Å². The van der Waals surface area contributed by atoms with Gasteiger partial charge in [-0.15, -0.1) is 0 Å². The molecule has 1 rings (SSSR count). The van der Waals surface area contributed by atoms with Crippen LogP contribution in [0, 0.1) is 0 Å². The summed E-state index contributed by atoms with van der Waals surface area (Å²) in [6, 6.07) is 10.3. The molecule has 0 bridgehead atoms. The molecule has 16 heavy (non-hydrogen) atoms. The van der Waals surface area contributed by atoms with Crippen LogP contribution >= 0.6 is 0 Å². The Hall–Kier alpha value is -1.09. The minimum Gasteiger partial charge on any atom is -0.466 e. The van der Waals surface area contributed by atoms with Gasteiger partial charge in [-0.3, -0.25) is 4.79 Å². The van der Waals surface area contributed by atoms with Crippen molar-refractivity contribution in [2.45, 2.75) is 32.5 Å². The van der Waals surface area contributed by atoms with Crippen molar-refractivity contribution < 1.29 is 9.53 Å². The van der Waals surface area contributed by atoms with E-state index in [0.717, 1.165) is 0 Å². The molecule has 0 aliphatic carbocycles. The quantitative estimate of drug-likeness (QED) is 0.593. The maximum absolute atomic E-state index is 11.8. The number of hydrogen-bond donors (Lipinski definition) is 0. The smallest absolute Gasteiger partial charge is 0.306 e. The van der Waals surface area contributed by atoms with Crippen LogP contribution in [-0.4, -0.2) is 20.7 Å². The third-order valence-corrected chi connectivity index (χ3v) is 7.46. The lowest BCUT2D eigenvalue weighted by molar-refractivity contribution is -0.142. The molecule has 0 saturated heterocycles. The van der Waals surface area contributed by atoms with Crippen LogP contribution in [0.2, 0.25) is 18.6 Å². The molecule has 88 valence electrons. The molecule has 1 aromatic carbocycles. The summed E-state index contributed by atoms with van der Waals surface area (Å²) in [6.45, 7) is 8.72. The summed E-state index contributed by atoms with van der Waals surface area (Å²) in [5.41, 5.74) is -0.00477. The van der Waals surface area contributed by atoms with E-state index in [0.29, 0.717) is 6.61 Å². The van der Waals surface area contributed by atoms with Gasteiger partial charge in [0.05, 0.1) is 20.2 Å². The Balaban J connectivity index is 2.89. The molecule has 0 unspecified atom stereocenters. The first kappa shape index (κ1) is 13.0. The van der Waals surface area contributed by atoms with E-state index in [4.69, 9.17) is 4.74 Å². The SMILES string of the molecule is CCOC(=O)[C@@H](C)[Si](C)(C)c1ccccc1. The summed E-state index contributed by atoms with van der Waals surface area (Å²) in [5.74, 6) is -0.0666. The van der Waals surface area contributed by atoms with E-state index in [1.54, 1.807) is 0 Å². The maximum Gasteiger partial charge on any atom is 0.306 e. The summed E-state index contributed by atoms with van der Waals surface area (Å²) in [7, 11) is -1.76. The van der Waals surface area contributed by atoms with E-state index >= 15 is 0 Å². The number of carbonyl (C=O) groups is 1. The highest BCUT2D eigenvalue weighted by molar-refractivity contribution is 6.93. The van der Waals surface area contributed by atoms with Gasteiger partial charge in [-0.05, 0) is 6.92 Å². The fourth-order valence-corrected chi connectivity index (χ4v) is 3.90. The number of ether oxygens (including phenoxy) is 1. The standard InChI is InChI=1S/C13H20O2Si/c1-5-15-13(14)11(2)16(3,4)12-9-7-6-8-10-12/h6-11H,5H2,1-4H3/t11-/m1/s1. The average molecular weight is 236 g/mol. The zero-order valence-electron chi connectivity index (χ0n) is 10.5. The van der Waals surface area contributed by atoms with Gasteiger partial charge in [0, 0.05) is 0 Å². The second kappa shape index (κ2) is 5.30. The van der Waals surface area contributed by atoms with E-state index in [1.807, 2.05) is 32.0 Å². The lowest BCUT2D eigenvalue weighted by Crippen LogP contribution is -2.48. The summed E-state index contributed by atoms with van der Waals surface area (Å²) >= 11 is 0. The van der Waals surface area contributed by atoms with Crippen LogP contribution in [0.15, 0.2) is 30.3 Å². The first-order valence-corrected chi connectivity index (χ1v) is 8.80. The van der Waals surface area contributed by atoms with Crippen molar-refractivity contribution in [2.75, 3.05) is 6.61 Å². The fraction of sp³-hybridized carbons (Fsp3) is 0.462. The number of benzene rings is 1. The van der Waals surface area contributed by atoms with Crippen LogP contribution in [0.25, 0.3) is 0 Å². The number of carbonyl (C=O) groups excluding carboxylic acids is 1. The highest BCUT2D eigenvalue weighted by atomic mass is 28.3. The topological polar surface area (TPSA) is 26.3 Å². The predicted molar refractivity (Wildman–Crippen MR) is 69.6 cm³/mol. The minimum absolute atomic E-state index is 0.00477. The molecule has 0 N–H and O–H groups in total. The van der Waals surface area contributed by atoms with Gasteiger partial charge in [0.1, 0.15) is 0 Å². The van der Waals surface area contributed by atoms with Crippen molar-refractivity contribution >= 4 is 19.2 Å². The zero-order chi connectivity index (χ0) is 12.2. The Morgan fingerprint density at radius 2 is 1.88 bits per heavy atom. The van der Waals surface area contributed by atoms with Crippen LogP contribution < -0.4 is 5.19 Å². The van der Waals surface area contributed by atoms with Crippen LogP contribution in [0.5, 0.6) is 0 Å². The lowest BCUT2D eigenvalue weighted by atomic mass is 10.4. The maximum atomic E-state index is 11.8. The summed E-state index contributed by atoms with van der Waals surface area (Å²) in [6.07, 6.45) is 0. The molecule has 1 atom stereocenters. The Kier molecular flexibility index (Phi) is 4.30. The third-order valence-electron chi connectivity index (χ3n) is 3.24. The monoisotopic (exact) mass is 236 g/mol. The summed E-state index contributed by atoms with van der Waals surface area (Å²) in [5, 5.41) is 1.30. The molecule has 1 aromatic rings. The first-order valence-electron chi connectivity index (χ1n) is 5.72. The average Bonchev–Trinajstić information content (AvgIpc) is 2.29. The van der Waals surface area contributed by atoms with Gasteiger partial charge in [-0.1, -0.05) is 55.5 Å². The van der Waals surface area contributed by atoms with Crippen LogP contribution in [-0.2, 0) is 9.53 Å². The molecule has 3 heteroatoms. The largest absolute Gasteiger partial charge is 0.466 e. The molecule has 0 fully saturated rings. The van der Waals surface area contributed by atoms with E-state index < -0.39 is 8.07 Å². The second-order valence-electron chi connectivity index (χ2n) is 4.56. The van der Waals surface area contributed by atoms with E-state index in [-0.39, 0.29) is 11.5 Å². The molecular weight excluding hydrogens is 216 g/mol. The van der Waals surface area contributed by atoms with Gasteiger partial charge >= 0.3 is 5.97 Å². The van der Waals surface area contributed by atoms with Crippen LogP contribution in [0.4, 0.5) is 0 Å². The predicted octanol–water partition coefficient (Wildman–Crippen LogP) is 2.56. The second-order valence-corrected chi connectivity index (χ2v) is 9.45. The highest BCUT2D eigenvalue weighted by Crippen LogP contribution is 2.22. The molecule has 0 aromatic heterocycles. The van der Waals surface area contributed by atoms with E-state index in [1.165, 1.54) is 5.19 Å². The van der Waals surface area contributed by atoms with Gasteiger partial charge in [-0.2, -0.15) is 0 Å². The Bertz CT molecular complexity index is 346. The van der Waals surface area contributed by atoms with Crippen LogP contribution in [0.3, 0.4) is 0 Å². The number of esters is 1. The third kappa shape index (κ3) is 2.73. The number of hydrogen-bond acceptors (Lipinski definition) is 2. The normalized spacial score (nSPS) is 13.2. The Labute approximate surface area is 98.6 Å². The van der Waals surface area contributed by atoms with E-state index in [2.05, 4.69) is 25.2 Å². The molecule has 0 spiro atoms. The molecule has 0 radical (unpaired) electrons. The van der Waals surface area contributed by atoms with Crippen molar-refractivity contribution in [3.05, 3.63) is 30.3 Å². The molecule has 0 aliphatic heterocycles. The lowest BCUT2D eigenvalue weighted by Gasteiger charge is -2.28. The van der Waals surface area contributed by atoms with E-state index in [9.17, 15) is 4.79 Å². The number of rotatable bonds is 4. The highest BCUT2D eigenvalue weighted by Gasteiger charge is 2.35. The van der Waals surface area contributed by atoms with Crippen molar-refractivity contribution in [2.24, 2.45) is 0 Å². The van der Waals surface area contributed by atoms with Gasteiger partial charge < -0.3 is 4.74 Å². The summed E-state index contributed by atoms with van der Waals surface area (Å²) in [4.78, 5) is 11.8. The van der Waals surface area contributed by atoms with Gasteiger partial charge in [0.2, 0.25) is 0 Å². The van der Waals surface area contributed by atoms with Crippen molar-refractivity contribution in [3.63, 3.8) is 0 Å². The Morgan fingerprint density at radius 3 is 2.38 bits per heavy atom. The molecule has 0 heterocycles. The summed E-state index contributed by atoms with van der Waals surface area (Å²) < 4.78 is 5.11. The molecule has 0 aliphatic rings. The van der Waals surface area contributed by atoms with Crippen molar-refractivity contribution in [3.8, 4) is 0 Å². The Morgan fingerprint density at radius 1 is 1.31 bits per heavy atom. The molecule has 0 saturated carbocycles. The fourth-order valence-electron chi connectivity index (χ4n) is 1.68. The van der Waals surface area contributed by atoms with Crippen LogP contribution in [0.1, 0.15) is 13.8 Å². The van der Waals surface area contributed by atoms with Crippen molar-refractivity contribution in [1.82, 2.24) is 0 Å². The van der Waals surface area contributed by atoms with Gasteiger partial charge in [0.25, 0.3) is 0 Å². The molecule has 0 amide bonds. The molecular formula is C13H20O2Si. The van der Waals surface area contributed by atoms with Gasteiger partial charge in [0.15, 0.2) is 0 Å². The first-order chi connectivity index (χ1) is 7.50. The zero-order valence-corrected chi connectivity index (χ0v) is 11.5. The van der Waals surface area contributed by atoms with Crippen molar-refractivity contribution in [1.29, 1.82) is 0 Å².